The molecule has 0 fully saturated rings. The van der Waals surface area contributed by atoms with E-state index in [1.807, 2.05) is 12.5 Å². The molecule has 0 aliphatic carbocycles. The first-order valence-corrected chi connectivity index (χ1v) is 5.63. The van der Waals surface area contributed by atoms with Gasteiger partial charge in [0.05, 0.1) is 6.34 Å². The molecule has 1 aromatic carbocycles. The van der Waals surface area contributed by atoms with Crippen LogP contribution in [0, 0.1) is 0 Å². The molecule has 1 aliphatic heterocycles. The van der Waals surface area contributed by atoms with Gasteiger partial charge in [0.25, 0.3) is 0 Å². The molecule has 1 heterocycles. The number of nitrogens with zero attached hydrogens (tertiary/aromatic N) is 2. The van der Waals surface area contributed by atoms with Crippen molar-refractivity contribution < 1.29 is 0 Å². The predicted octanol–water partition coefficient (Wildman–Crippen LogP) is 3.35. The topological polar surface area (TPSA) is 15.6 Å². The number of anilines is 1. The summed E-state index contributed by atoms with van der Waals surface area (Å²) in [5, 5.41) is 0. The van der Waals surface area contributed by atoms with Crippen LogP contribution in [0.4, 0.5) is 5.69 Å². The molecule has 84 valence electrons. The minimum Gasteiger partial charge on any atom is -0.329 e. The third-order valence-corrected chi connectivity index (χ3v) is 2.76. The number of hydrogen-bond acceptors (Lipinski definition) is 2. The highest BCUT2D eigenvalue weighted by atomic mass is 15.2. The van der Waals surface area contributed by atoms with E-state index >= 15 is 0 Å². The molecule has 1 aromatic rings. The first-order valence-electron chi connectivity index (χ1n) is 5.63. The standard InChI is InChI=1S/C14H18N2/c1-14(2,3)12-5-7-13(8-6-12)16-10-4-9-15-11-16/h4-9,11H,10H2,1-3H3. The Morgan fingerprint density at radius 1 is 1.12 bits per heavy atom. The summed E-state index contributed by atoms with van der Waals surface area (Å²) in [5.74, 6) is 0. The molecule has 0 atom stereocenters. The summed E-state index contributed by atoms with van der Waals surface area (Å²) < 4.78 is 0. The third kappa shape index (κ3) is 2.32. The summed E-state index contributed by atoms with van der Waals surface area (Å²) in [6, 6.07) is 8.71. The van der Waals surface area contributed by atoms with Gasteiger partial charge >= 0.3 is 0 Å². The predicted molar refractivity (Wildman–Crippen MR) is 70.1 cm³/mol. The van der Waals surface area contributed by atoms with Crippen molar-refractivity contribution in [2.45, 2.75) is 26.2 Å². The lowest BCUT2D eigenvalue weighted by molar-refractivity contribution is 0.590. The molecule has 1 aliphatic rings. The lowest BCUT2D eigenvalue weighted by Gasteiger charge is -2.23. The van der Waals surface area contributed by atoms with E-state index in [0.717, 1.165) is 6.54 Å². The van der Waals surface area contributed by atoms with Gasteiger partial charge in [0.1, 0.15) is 0 Å². The molecule has 0 aromatic heterocycles. The van der Waals surface area contributed by atoms with Gasteiger partial charge in [0, 0.05) is 18.4 Å². The van der Waals surface area contributed by atoms with Crippen LogP contribution in [0.2, 0.25) is 0 Å². The van der Waals surface area contributed by atoms with E-state index in [4.69, 9.17) is 0 Å². The van der Waals surface area contributed by atoms with E-state index in [1.54, 1.807) is 0 Å². The molecule has 2 rings (SSSR count). The second-order valence-electron chi connectivity index (χ2n) is 5.10. The van der Waals surface area contributed by atoms with Crippen molar-refractivity contribution in [3.05, 3.63) is 42.1 Å². The second kappa shape index (κ2) is 4.12. The molecule has 0 unspecified atom stereocenters. The number of aliphatic imine (C=N–C) groups is 1. The first-order chi connectivity index (χ1) is 7.57. The van der Waals surface area contributed by atoms with Gasteiger partial charge in [-0.1, -0.05) is 32.9 Å². The normalized spacial score (nSPS) is 15.6. The zero-order valence-corrected chi connectivity index (χ0v) is 10.1. The van der Waals surface area contributed by atoms with Gasteiger partial charge in [-0.15, -0.1) is 0 Å². The minimum absolute atomic E-state index is 0.217. The quantitative estimate of drug-likeness (QED) is 0.700. The highest BCUT2D eigenvalue weighted by Gasteiger charge is 2.13. The van der Waals surface area contributed by atoms with Gasteiger partial charge in [0.2, 0.25) is 0 Å². The number of hydrogen-bond donors (Lipinski definition) is 0. The van der Waals surface area contributed by atoms with Crippen LogP contribution < -0.4 is 4.90 Å². The van der Waals surface area contributed by atoms with Crippen molar-refractivity contribution in [3.8, 4) is 0 Å². The fourth-order valence-corrected chi connectivity index (χ4v) is 1.71. The van der Waals surface area contributed by atoms with Gasteiger partial charge in [-0.25, -0.2) is 4.99 Å². The Kier molecular flexibility index (Phi) is 2.82. The Morgan fingerprint density at radius 2 is 1.81 bits per heavy atom. The Labute approximate surface area is 97.3 Å². The van der Waals surface area contributed by atoms with E-state index < -0.39 is 0 Å². The molecule has 0 radical (unpaired) electrons. The molecule has 2 heteroatoms. The Bertz CT molecular complexity index is 407. The summed E-state index contributed by atoms with van der Waals surface area (Å²) >= 11 is 0. The second-order valence-corrected chi connectivity index (χ2v) is 5.10. The summed E-state index contributed by atoms with van der Waals surface area (Å²) in [6.07, 6.45) is 5.75. The van der Waals surface area contributed by atoms with Crippen LogP contribution in [0.25, 0.3) is 0 Å². The van der Waals surface area contributed by atoms with E-state index in [9.17, 15) is 0 Å². The van der Waals surface area contributed by atoms with Crippen LogP contribution in [0.5, 0.6) is 0 Å². The molecule has 2 nitrogen and oxygen atoms in total. The van der Waals surface area contributed by atoms with Crippen molar-refractivity contribution in [1.29, 1.82) is 0 Å². The van der Waals surface area contributed by atoms with Crippen LogP contribution in [-0.2, 0) is 5.41 Å². The Balaban J connectivity index is 2.19. The Hall–Kier alpha value is -1.57. The Morgan fingerprint density at radius 3 is 2.31 bits per heavy atom. The largest absolute Gasteiger partial charge is 0.329 e. The summed E-state index contributed by atoms with van der Waals surface area (Å²) in [6.45, 7) is 7.59. The number of rotatable bonds is 1. The average molecular weight is 214 g/mol. The van der Waals surface area contributed by atoms with Crippen molar-refractivity contribution in [1.82, 2.24) is 0 Å². The average Bonchev–Trinajstić information content (AvgIpc) is 2.29. The zero-order valence-electron chi connectivity index (χ0n) is 10.1. The summed E-state index contributed by atoms with van der Waals surface area (Å²) in [5.41, 5.74) is 2.77. The highest BCUT2D eigenvalue weighted by molar-refractivity contribution is 5.80. The molecule has 16 heavy (non-hydrogen) atoms. The fraction of sp³-hybridized carbons (Fsp3) is 0.357. The lowest BCUT2D eigenvalue weighted by Crippen LogP contribution is -2.23. The van der Waals surface area contributed by atoms with Crippen LogP contribution in [0.1, 0.15) is 26.3 Å². The monoisotopic (exact) mass is 214 g/mol. The van der Waals surface area contributed by atoms with Gasteiger partial charge in [-0.2, -0.15) is 0 Å². The SMILES string of the molecule is CC(C)(C)c1ccc(N2C=NC=CC2)cc1. The van der Waals surface area contributed by atoms with Crippen molar-refractivity contribution >= 4 is 12.0 Å². The van der Waals surface area contributed by atoms with Gasteiger partial charge in [-0.3, -0.25) is 0 Å². The summed E-state index contributed by atoms with van der Waals surface area (Å²) in [4.78, 5) is 6.26. The van der Waals surface area contributed by atoms with Crippen molar-refractivity contribution in [3.63, 3.8) is 0 Å². The molecule has 0 saturated carbocycles. The molecule has 0 N–H and O–H groups in total. The van der Waals surface area contributed by atoms with E-state index in [-0.39, 0.29) is 5.41 Å². The van der Waals surface area contributed by atoms with Crippen molar-refractivity contribution in [2.75, 3.05) is 11.4 Å². The number of benzene rings is 1. The highest BCUT2D eigenvalue weighted by Crippen LogP contribution is 2.24. The van der Waals surface area contributed by atoms with Crippen molar-refractivity contribution in [2.24, 2.45) is 4.99 Å². The summed E-state index contributed by atoms with van der Waals surface area (Å²) in [7, 11) is 0. The van der Waals surface area contributed by atoms with Gasteiger partial charge in [-0.05, 0) is 29.2 Å². The maximum Gasteiger partial charge on any atom is 0.0952 e. The molecule has 0 bridgehead atoms. The minimum atomic E-state index is 0.217. The van der Waals surface area contributed by atoms with Gasteiger partial charge in [0.15, 0.2) is 0 Å². The molecular weight excluding hydrogens is 196 g/mol. The third-order valence-electron chi connectivity index (χ3n) is 2.76. The molecule has 0 spiro atoms. The zero-order chi connectivity index (χ0) is 11.6. The maximum atomic E-state index is 4.13. The molecule has 0 amide bonds. The maximum absolute atomic E-state index is 4.13. The van der Waals surface area contributed by atoms with Gasteiger partial charge < -0.3 is 4.90 Å². The fourth-order valence-electron chi connectivity index (χ4n) is 1.71. The smallest absolute Gasteiger partial charge is 0.0952 e. The molecule has 0 saturated heterocycles. The van der Waals surface area contributed by atoms with E-state index in [2.05, 4.69) is 61.0 Å². The van der Waals surface area contributed by atoms with E-state index in [0.29, 0.717) is 0 Å². The van der Waals surface area contributed by atoms with Crippen LogP contribution >= 0.6 is 0 Å². The first kappa shape index (κ1) is 10.9. The van der Waals surface area contributed by atoms with Crippen LogP contribution in [-0.4, -0.2) is 12.9 Å². The van der Waals surface area contributed by atoms with Crippen LogP contribution in [0.15, 0.2) is 41.5 Å². The van der Waals surface area contributed by atoms with E-state index in [1.165, 1.54) is 11.3 Å². The lowest BCUT2D eigenvalue weighted by atomic mass is 9.87. The van der Waals surface area contributed by atoms with Crippen LogP contribution in [0.3, 0.4) is 0 Å². The molecular formula is C14H18N2.